The van der Waals surface area contributed by atoms with Gasteiger partial charge in [0.15, 0.2) is 0 Å². The Kier molecular flexibility index (Phi) is 5.25. The lowest BCUT2D eigenvalue weighted by Gasteiger charge is -2.16. The Morgan fingerprint density at radius 3 is 2.47 bits per heavy atom. The summed E-state index contributed by atoms with van der Waals surface area (Å²) in [4.78, 5) is 0. The summed E-state index contributed by atoms with van der Waals surface area (Å²) in [5.41, 5.74) is 0.745. The first-order chi connectivity index (χ1) is 8.08. The molecule has 1 aromatic rings. The third-order valence-electron chi connectivity index (χ3n) is 2.55. The lowest BCUT2D eigenvalue weighted by molar-refractivity contribution is 0.0699. The van der Waals surface area contributed by atoms with Gasteiger partial charge in [-0.3, -0.25) is 0 Å². The normalized spacial score (nSPS) is 14.2. The Bertz CT molecular complexity index is 349. The predicted octanol–water partition coefficient (Wildman–Crippen LogP) is 2.16. The second kappa shape index (κ2) is 6.47. The van der Waals surface area contributed by atoms with Crippen LogP contribution in [0.5, 0.6) is 11.5 Å². The van der Waals surface area contributed by atoms with E-state index < -0.39 is 6.10 Å². The number of aliphatic hydroxyl groups is 1. The van der Waals surface area contributed by atoms with E-state index in [4.69, 9.17) is 14.2 Å². The quantitative estimate of drug-likeness (QED) is 0.827. The summed E-state index contributed by atoms with van der Waals surface area (Å²) in [5.74, 6) is 1.33. The van der Waals surface area contributed by atoms with E-state index in [1.807, 2.05) is 6.92 Å². The van der Waals surface area contributed by atoms with E-state index in [-0.39, 0.29) is 6.10 Å². The number of ether oxygens (including phenoxy) is 3. The van der Waals surface area contributed by atoms with E-state index >= 15 is 0 Å². The summed E-state index contributed by atoms with van der Waals surface area (Å²) in [7, 11) is 3.23. The van der Waals surface area contributed by atoms with Crippen LogP contribution in [0.4, 0.5) is 0 Å². The van der Waals surface area contributed by atoms with Crippen molar-refractivity contribution in [3.63, 3.8) is 0 Å². The molecule has 96 valence electrons. The molecule has 0 heterocycles. The van der Waals surface area contributed by atoms with Crippen molar-refractivity contribution >= 4 is 0 Å². The number of hydrogen-bond donors (Lipinski definition) is 1. The van der Waals surface area contributed by atoms with Gasteiger partial charge in [-0.1, -0.05) is 0 Å². The first-order valence-electron chi connectivity index (χ1n) is 5.60. The Hall–Kier alpha value is -1.26. The standard InChI is InChI=1S/C13H20O4/c1-9(15-3)8-17-13-7-11(16-4)5-6-12(13)10(2)14/h5-7,9-10,14H,8H2,1-4H3/t9?,10-/m1/s1. The van der Waals surface area contributed by atoms with Crippen molar-refractivity contribution in [1.29, 1.82) is 0 Å². The molecule has 0 bridgehead atoms. The van der Waals surface area contributed by atoms with Gasteiger partial charge in [0.05, 0.1) is 19.3 Å². The van der Waals surface area contributed by atoms with Crippen molar-refractivity contribution in [3.8, 4) is 11.5 Å². The molecule has 0 amide bonds. The average molecular weight is 240 g/mol. The van der Waals surface area contributed by atoms with Gasteiger partial charge < -0.3 is 19.3 Å². The fourth-order valence-corrected chi connectivity index (χ4v) is 1.39. The summed E-state index contributed by atoms with van der Waals surface area (Å²) in [5, 5.41) is 9.64. The molecule has 0 saturated heterocycles. The largest absolute Gasteiger partial charge is 0.497 e. The number of rotatable bonds is 6. The van der Waals surface area contributed by atoms with Crippen LogP contribution in [-0.4, -0.2) is 32.0 Å². The fraction of sp³-hybridized carbons (Fsp3) is 0.538. The van der Waals surface area contributed by atoms with Gasteiger partial charge in [-0.15, -0.1) is 0 Å². The van der Waals surface area contributed by atoms with Crippen molar-refractivity contribution in [2.24, 2.45) is 0 Å². The highest BCUT2D eigenvalue weighted by atomic mass is 16.5. The Morgan fingerprint density at radius 2 is 1.94 bits per heavy atom. The lowest BCUT2D eigenvalue weighted by Crippen LogP contribution is -2.16. The Morgan fingerprint density at radius 1 is 1.24 bits per heavy atom. The predicted molar refractivity (Wildman–Crippen MR) is 65.6 cm³/mol. The molecule has 1 unspecified atom stereocenters. The monoisotopic (exact) mass is 240 g/mol. The number of methoxy groups -OCH3 is 2. The Balaban J connectivity index is 2.85. The molecule has 0 aliphatic rings. The van der Waals surface area contributed by atoms with Crippen LogP contribution in [0.15, 0.2) is 18.2 Å². The van der Waals surface area contributed by atoms with Crippen LogP contribution in [0.2, 0.25) is 0 Å². The summed E-state index contributed by atoms with van der Waals surface area (Å²) in [6.07, 6.45) is -0.572. The average Bonchev–Trinajstić information content (AvgIpc) is 2.35. The van der Waals surface area contributed by atoms with Crippen LogP contribution in [0, 0.1) is 0 Å². The molecule has 4 heteroatoms. The smallest absolute Gasteiger partial charge is 0.128 e. The molecule has 0 radical (unpaired) electrons. The molecule has 0 spiro atoms. The summed E-state index contributed by atoms with van der Waals surface area (Å²) < 4.78 is 15.9. The van der Waals surface area contributed by atoms with Crippen molar-refractivity contribution in [2.45, 2.75) is 26.1 Å². The fourth-order valence-electron chi connectivity index (χ4n) is 1.39. The molecule has 0 aliphatic carbocycles. The maximum atomic E-state index is 9.64. The van der Waals surface area contributed by atoms with E-state index in [1.165, 1.54) is 0 Å². The molecule has 0 aliphatic heterocycles. The van der Waals surface area contributed by atoms with Gasteiger partial charge in [0.1, 0.15) is 18.1 Å². The molecule has 17 heavy (non-hydrogen) atoms. The minimum absolute atomic E-state index is 0.00282. The molecule has 1 rings (SSSR count). The third kappa shape index (κ3) is 3.91. The van der Waals surface area contributed by atoms with Crippen molar-refractivity contribution in [2.75, 3.05) is 20.8 Å². The molecule has 1 aromatic carbocycles. The van der Waals surface area contributed by atoms with E-state index in [2.05, 4.69) is 0 Å². The Labute approximate surface area is 102 Å². The summed E-state index contributed by atoms with van der Waals surface area (Å²) in [6.45, 7) is 4.06. The van der Waals surface area contributed by atoms with Gasteiger partial charge in [-0.2, -0.15) is 0 Å². The summed E-state index contributed by atoms with van der Waals surface area (Å²) >= 11 is 0. The number of aliphatic hydroxyl groups excluding tert-OH is 1. The first-order valence-corrected chi connectivity index (χ1v) is 5.60. The van der Waals surface area contributed by atoms with Crippen molar-refractivity contribution in [1.82, 2.24) is 0 Å². The van der Waals surface area contributed by atoms with Crippen molar-refractivity contribution in [3.05, 3.63) is 23.8 Å². The number of benzene rings is 1. The highest BCUT2D eigenvalue weighted by Crippen LogP contribution is 2.29. The van der Waals surface area contributed by atoms with Crippen LogP contribution in [0.1, 0.15) is 25.5 Å². The minimum atomic E-state index is -0.575. The lowest BCUT2D eigenvalue weighted by atomic mass is 10.1. The van der Waals surface area contributed by atoms with Crippen LogP contribution < -0.4 is 9.47 Å². The topological polar surface area (TPSA) is 47.9 Å². The van der Waals surface area contributed by atoms with Gasteiger partial charge in [0.25, 0.3) is 0 Å². The molecule has 0 fully saturated rings. The zero-order chi connectivity index (χ0) is 12.8. The van der Waals surface area contributed by atoms with Gasteiger partial charge >= 0.3 is 0 Å². The van der Waals surface area contributed by atoms with Gasteiger partial charge in [0.2, 0.25) is 0 Å². The van der Waals surface area contributed by atoms with E-state index in [0.717, 1.165) is 5.56 Å². The summed E-state index contributed by atoms with van der Waals surface area (Å²) in [6, 6.07) is 5.37. The molecular weight excluding hydrogens is 220 g/mol. The molecule has 0 aromatic heterocycles. The van der Waals surface area contributed by atoms with E-state index in [0.29, 0.717) is 18.1 Å². The zero-order valence-corrected chi connectivity index (χ0v) is 10.8. The SMILES string of the molecule is COc1ccc([C@@H](C)O)c(OCC(C)OC)c1. The molecule has 4 nitrogen and oxygen atoms in total. The van der Waals surface area contributed by atoms with E-state index in [9.17, 15) is 5.11 Å². The number of hydrogen-bond acceptors (Lipinski definition) is 4. The molecule has 0 saturated carbocycles. The second-order valence-electron chi connectivity index (χ2n) is 3.94. The maximum Gasteiger partial charge on any atom is 0.128 e. The highest BCUT2D eigenvalue weighted by molar-refractivity contribution is 5.41. The van der Waals surface area contributed by atoms with Gasteiger partial charge in [0, 0.05) is 18.7 Å². The van der Waals surface area contributed by atoms with Crippen LogP contribution >= 0.6 is 0 Å². The van der Waals surface area contributed by atoms with Gasteiger partial charge in [-0.05, 0) is 26.0 Å². The van der Waals surface area contributed by atoms with Crippen LogP contribution in [-0.2, 0) is 4.74 Å². The van der Waals surface area contributed by atoms with Gasteiger partial charge in [-0.25, -0.2) is 0 Å². The molecule has 2 atom stereocenters. The molecule has 1 N–H and O–H groups in total. The first kappa shape index (κ1) is 13.8. The van der Waals surface area contributed by atoms with Crippen molar-refractivity contribution < 1.29 is 19.3 Å². The van der Waals surface area contributed by atoms with Crippen LogP contribution in [0.25, 0.3) is 0 Å². The maximum absolute atomic E-state index is 9.64. The van der Waals surface area contributed by atoms with E-state index in [1.54, 1.807) is 39.3 Å². The second-order valence-corrected chi connectivity index (χ2v) is 3.94. The minimum Gasteiger partial charge on any atom is -0.497 e. The van der Waals surface area contributed by atoms with Crippen LogP contribution in [0.3, 0.4) is 0 Å². The molecular formula is C13H20O4. The third-order valence-corrected chi connectivity index (χ3v) is 2.55. The highest BCUT2D eigenvalue weighted by Gasteiger charge is 2.11. The zero-order valence-electron chi connectivity index (χ0n) is 10.8.